The second kappa shape index (κ2) is 19.2. The minimum absolute atomic E-state index is 0.0103. The highest BCUT2D eigenvalue weighted by Gasteiger charge is 2.13. The molecule has 0 aliphatic carbocycles. The molecule has 242 valence electrons. The van der Waals surface area contributed by atoms with Crippen molar-refractivity contribution < 1.29 is 22.6 Å². The SMILES string of the molecule is CNc1ccc(CCCCCCCCCCC(=O)NCCNC(=O)c2ccc(N/N=C/c3ccccc3S(=O)(=O)O)nc2)cc1. The van der Waals surface area contributed by atoms with Crippen LogP contribution in [0.5, 0.6) is 0 Å². The monoisotopic (exact) mass is 636 g/mol. The number of hydrazone groups is 1. The average molecular weight is 637 g/mol. The van der Waals surface area contributed by atoms with Gasteiger partial charge in [0.1, 0.15) is 10.7 Å². The Kier molecular flexibility index (Phi) is 15.0. The van der Waals surface area contributed by atoms with Crippen LogP contribution in [0, 0.1) is 0 Å². The van der Waals surface area contributed by atoms with Gasteiger partial charge in [-0.2, -0.15) is 13.5 Å². The lowest BCUT2D eigenvalue weighted by Gasteiger charge is -2.08. The Morgan fingerprint density at radius 3 is 2.18 bits per heavy atom. The molecule has 0 fully saturated rings. The highest BCUT2D eigenvalue weighted by atomic mass is 32.2. The van der Waals surface area contributed by atoms with Crippen LogP contribution in [0.2, 0.25) is 0 Å². The molecular weight excluding hydrogens is 592 g/mol. The summed E-state index contributed by atoms with van der Waals surface area (Å²) in [7, 11) is -2.45. The van der Waals surface area contributed by atoms with Gasteiger partial charge >= 0.3 is 0 Å². The van der Waals surface area contributed by atoms with E-state index in [1.54, 1.807) is 18.2 Å². The molecular formula is C33H44N6O5S. The zero-order valence-corrected chi connectivity index (χ0v) is 26.6. The number of aryl methyl sites for hydroxylation is 1. The molecule has 3 aromatic rings. The Morgan fingerprint density at radius 2 is 1.51 bits per heavy atom. The molecule has 0 unspecified atom stereocenters. The lowest BCUT2D eigenvalue weighted by atomic mass is 10.0. The summed E-state index contributed by atoms with van der Waals surface area (Å²) >= 11 is 0. The van der Waals surface area contributed by atoms with Gasteiger partial charge in [-0.05, 0) is 55.2 Å². The van der Waals surface area contributed by atoms with Crippen LogP contribution < -0.4 is 21.4 Å². The van der Waals surface area contributed by atoms with E-state index in [1.165, 1.54) is 68.3 Å². The van der Waals surface area contributed by atoms with Crippen LogP contribution in [0.1, 0.15) is 79.3 Å². The first-order chi connectivity index (χ1) is 21.8. The van der Waals surface area contributed by atoms with E-state index in [0.717, 1.165) is 31.4 Å². The molecule has 1 heterocycles. The van der Waals surface area contributed by atoms with E-state index in [1.807, 2.05) is 7.05 Å². The van der Waals surface area contributed by atoms with E-state index in [-0.39, 0.29) is 22.3 Å². The summed E-state index contributed by atoms with van der Waals surface area (Å²) in [6.07, 6.45) is 13.5. The Labute approximate surface area is 266 Å². The fourth-order valence-electron chi connectivity index (χ4n) is 4.67. The number of pyridine rings is 1. The van der Waals surface area contributed by atoms with E-state index in [0.29, 0.717) is 30.9 Å². The van der Waals surface area contributed by atoms with Gasteiger partial charge in [0, 0.05) is 44.0 Å². The second-order valence-corrected chi connectivity index (χ2v) is 12.1. The molecule has 12 heteroatoms. The van der Waals surface area contributed by atoms with Crippen LogP contribution in [0.4, 0.5) is 11.5 Å². The van der Waals surface area contributed by atoms with E-state index in [4.69, 9.17) is 0 Å². The largest absolute Gasteiger partial charge is 0.388 e. The van der Waals surface area contributed by atoms with Gasteiger partial charge in [0.25, 0.3) is 16.0 Å². The van der Waals surface area contributed by atoms with Crippen molar-refractivity contribution in [1.82, 2.24) is 15.6 Å². The number of nitrogens with one attached hydrogen (secondary N) is 4. The molecule has 0 spiro atoms. The molecule has 1 aromatic heterocycles. The zero-order chi connectivity index (χ0) is 32.3. The van der Waals surface area contributed by atoms with Gasteiger partial charge in [0.05, 0.1) is 11.8 Å². The van der Waals surface area contributed by atoms with E-state index in [2.05, 4.69) is 55.7 Å². The third kappa shape index (κ3) is 13.5. The Morgan fingerprint density at radius 1 is 0.844 bits per heavy atom. The average Bonchev–Trinajstić information content (AvgIpc) is 3.04. The number of nitrogens with zero attached hydrogens (tertiary/aromatic N) is 2. The van der Waals surface area contributed by atoms with E-state index >= 15 is 0 Å². The number of hydrogen-bond acceptors (Lipinski definition) is 8. The van der Waals surface area contributed by atoms with Crippen molar-refractivity contribution in [2.45, 2.75) is 69.1 Å². The highest BCUT2D eigenvalue weighted by Crippen LogP contribution is 2.15. The molecule has 0 aliphatic heterocycles. The van der Waals surface area contributed by atoms with Crippen LogP contribution in [0.3, 0.4) is 0 Å². The molecule has 2 amide bonds. The van der Waals surface area contributed by atoms with Crippen molar-refractivity contribution in [3.05, 3.63) is 83.6 Å². The summed E-state index contributed by atoms with van der Waals surface area (Å²) in [5.74, 6) is 0.00260. The molecule has 0 bridgehead atoms. The van der Waals surface area contributed by atoms with Gasteiger partial charge in [-0.3, -0.25) is 19.6 Å². The number of aromatic nitrogens is 1. The molecule has 0 atom stereocenters. The first-order valence-electron chi connectivity index (χ1n) is 15.4. The van der Waals surface area contributed by atoms with E-state index in [9.17, 15) is 22.6 Å². The van der Waals surface area contributed by atoms with Gasteiger partial charge in [0.15, 0.2) is 0 Å². The van der Waals surface area contributed by atoms with Gasteiger partial charge in [-0.25, -0.2) is 4.98 Å². The number of anilines is 2. The Balaban J connectivity index is 1.19. The number of carbonyl (C=O) groups excluding carboxylic acids is 2. The molecule has 45 heavy (non-hydrogen) atoms. The molecule has 2 aromatic carbocycles. The fraction of sp³-hybridized carbons (Fsp3) is 0.394. The third-order valence-electron chi connectivity index (χ3n) is 7.20. The maximum Gasteiger partial charge on any atom is 0.295 e. The summed E-state index contributed by atoms with van der Waals surface area (Å²) < 4.78 is 32.2. The minimum Gasteiger partial charge on any atom is -0.388 e. The van der Waals surface area contributed by atoms with Crippen molar-refractivity contribution in [3.8, 4) is 0 Å². The first-order valence-corrected chi connectivity index (χ1v) is 16.8. The molecule has 0 radical (unpaired) electrons. The van der Waals surface area contributed by atoms with Crippen molar-refractivity contribution in [2.75, 3.05) is 30.9 Å². The molecule has 0 aliphatic rings. The predicted molar refractivity (Wildman–Crippen MR) is 178 cm³/mol. The van der Waals surface area contributed by atoms with Crippen molar-refractivity contribution in [3.63, 3.8) is 0 Å². The van der Waals surface area contributed by atoms with Crippen LogP contribution in [-0.4, -0.2) is 56.1 Å². The summed E-state index contributed by atoms with van der Waals surface area (Å²) in [5, 5.41) is 12.7. The third-order valence-corrected chi connectivity index (χ3v) is 8.13. The summed E-state index contributed by atoms with van der Waals surface area (Å²) in [5.41, 5.74) is 5.73. The number of hydrogen-bond donors (Lipinski definition) is 5. The molecule has 5 N–H and O–H groups in total. The van der Waals surface area contributed by atoms with Crippen molar-refractivity contribution in [2.24, 2.45) is 5.10 Å². The summed E-state index contributed by atoms with van der Waals surface area (Å²) in [6, 6.07) is 17.6. The standard InChI is InChI=1S/C33H44N6O5S/c1-34-29-19-16-26(17-20-29)12-8-6-4-2-3-5-7-9-15-32(40)35-22-23-36-33(41)28-18-21-31(37-24-28)39-38-25-27-13-10-11-14-30(27)45(42,43)44/h10-11,13-14,16-21,24-25,34H,2-9,12,15,22-23H2,1H3,(H,35,40)(H,36,41)(H,37,39)(H,42,43,44)/b38-25+. The maximum absolute atomic E-state index is 12.4. The Hall–Kier alpha value is -4.29. The number of unbranched alkanes of at least 4 members (excludes halogenated alkanes) is 7. The quantitative estimate of drug-likeness (QED) is 0.0476. The lowest BCUT2D eigenvalue weighted by Crippen LogP contribution is -2.34. The van der Waals surface area contributed by atoms with Crippen LogP contribution >= 0.6 is 0 Å². The molecule has 11 nitrogen and oxygen atoms in total. The van der Waals surface area contributed by atoms with Crippen molar-refractivity contribution >= 4 is 39.7 Å². The van der Waals surface area contributed by atoms with E-state index < -0.39 is 10.1 Å². The maximum atomic E-state index is 12.4. The number of rotatable bonds is 20. The fourth-order valence-corrected chi connectivity index (χ4v) is 5.34. The number of benzene rings is 2. The van der Waals surface area contributed by atoms with Crippen LogP contribution in [0.25, 0.3) is 0 Å². The van der Waals surface area contributed by atoms with Crippen LogP contribution in [0.15, 0.2) is 76.9 Å². The minimum atomic E-state index is -4.38. The normalized spacial score (nSPS) is 11.3. The second-order valence-electron chi connectivity index (χ2n) is 10.7. The lowest BCUT2D eigenvalue weighted by molar-refractivity contribution is -0.121. The van der Waals surface area contributed by atoms with Gasteiger partial charge < -0.3 is 16.0 Å². The van der Waals surface area contributed by atoms with Gasteiger partial charge in [-0.15, -0.1) is 0 Å². The smallest absolute Gasteiger partial charge is 0.295 e. The molecule has 0 saturated carbocycles. The summed E-state index contributed by atoms with van der Waals surface area (Å²) in [6.45, 7) is 0.639. The van der Waals surface area contributed by atoms with Gasteiger partial charge in [0.2, 0.25) is 5.91 Å². The van der Waals surface area contributed by atoms with Gasteiger partial charge in [-0.1, -0.05) is 68.9 Å². The number of carbonyl (C=O) groups is 2. The van der Waals surface area contributed by atoms with Crippen LogP contribution in [-0.2, 0) is 21.3 Å². The highest BCUT2D eigenvalue weighted by molar-refractivity contribution is 7.86. The zero-order valence-electron chi connectivity index (χ0n) is 25.8. The number of amides is 2. The Bertz CT molecular complexity index is 1480. The predicted octanol–water partition coefficient (Wildman–Crippen LogP) is 5.42. The van der Waals surface area contributed by atoms with Crippen molar-refractivity contribution in [1.29, 1.82) is 0 Å². The summed E-state index contributed by atoms with van der Waals surface area (Å²) in [4.78, 5) is 28.3. The topological polar surface area (TPSA) is 162 Å². The molecule has 3 rings (SSSR count). The molecule has 0 saturated heterocycles. The first kappa shape index (κ1) is 35.2.